The highest BCUT2D eigenvalue weighted by Crippen LogP contribution is 2.19. The fraction of sp³-hybridized carbons (Fsp3) is 0.235. The number of hydrogen-bond donors (Lipinski definition) is 1. The molecule has 0 bridgehead atoms. The van der Waals surface area contributed by atoms with Crippen LogP contribution in [0.2, 0.25) is 5.02 Å². The van der Waals surface area contributed by atoms with Gasteiger partial charge in [0.2, 0.25) is 5.91 Å². The van der Waals surface area contributed by atoms with Gasteiger partial charge in [-0.15, -0.1) is 0 Å². The van der Waals surface area contributed by atoms with Crippen molar-refractivity contribution in [1.82, 2.24) is 5.32 Å². The molecule has 2 rings (SSSR count). The van der Waals surface area contributed by atoms with Gasteiger partial charge in [-0.25, -0.2) is 4.39 Å². The van der Waals surface area contributed by atoms with Gasteiger partial charge in [-0.1, -0.05) is 48.0 Å². The Balaban J connectivity index is 1.88. The number of carbonyl (C=O) groups excluding carboxylic acids is 1. The summed E-state index contributed by atoms with van der Waals surface area (Å²) in [5, 5.41) is 3.03. The van der Waals surface area contributed by atoms with E-state index >= 15 is 0 Å². The maximum atomic E-state index is 13.0. The van der Waals surface area contributed by atoms with Gasteiger partial charge in [0.15, 0.2) is 0 Å². The fourth-order valence-electron chi connectivity index (χ4n) is 2.12. The molecule has 0 fully saturated rings. The third-order valence-electron chi connectivity index (χ3n) is 3.30. The summed E-state index contributed by atoms with van der Waals surface area (Å²) in [4.78, 5) is 12.0. The summed E-state index contributed by atoms with van der Waals surface area (Å²) in [6.07, 6.45) is 0. The summed E-state index contributed by atoms with van der Waals surface area (Å²) in [6, 6.07) is 13.3. The van der Waals surface area contributed by atoms with E-state index in [4.69, 9.17) is 11.6 Å². The summed E-state index contributed by atoms with van der Waals surface area (Å²) in [6.45, 7) is 1.87. The van der Waals surface area contributed by atoms with Crippen molar-refractivity contribution >= 4 is 28.3 Å². The monoisotopic (exact) mass is 353 g/mol. The predicted octanol–water partition coefficient (Wildman–Crippen LogP) is 3.61. The van der Waals surface area contributed by atoms with E-state index in [9.17, 15) is 13.4 Å². The fourth-order valence-corrected chi connectivity index (χ4v) is 3.51. The minimum atomic E-state index is -1.41. The minimum absolute atomic E-state index is 0.117. The van der Waals surface area contributed by atoms with Gasteiger partial charge < -0.3 is 5.32 Å². The molecule has 2 atom stereocenters. The van der Waals surface area contributed by atoms with Gasteiger partial charge >= 0.3 is 0 Å². The van der Waals surface area contributed by atoms with Crippen LogP contribution in [-0.4, -0.2) is 15.9 Å². The van der Waals surface area contributed by atoms with E-state index in [1.807, 2.05) is 37.3 Å². The van der Waals surface area contributed by atoms with Gasteiger partial charge in [0.1, 0.15) is 11.6 Å². The standard InChI is InChI=1S/C17H17ClFNO2S/c1-12(13-5-3-2-4-6-13)20-17(21)11-23(22)10-14-7-8-15(19)9-16(14)18/h2-9,12H,10-11H2,1H3,(H,20,21). The molecule has 0 radical (unpaired) electrons. The zero-order valence-corrected chi connectivity index (χ0v) is 14.2. The summed E-state index contributed by atoms with van der Waals surface area (Å²) >= 11 is 5.90. The molecular weight excluding hydrogens is 337 g/mol. The Hall–Kier alpha value is -1.72. The smallest absolute Gasteiger partial charge is 0.233 e. The molecule has 0 heterocycles. The van der Waals surface area contributed by atoms with Crippen LogP contribution >= 0.6 is 11.6 Å². The normalized spacial score (nSPS) is 13.3. The average Bonchev–Trinajstić information content (AvgIpc) is 2.50. The minimum Gasteiger partial charge on any atom is -0.349 e. The molecule has 0 aliphatic rings. The lowest BCUT2D eigenvalue weighted by atomic mass is 10.1. The van der Waals surface area contributed by atoms with Gasteiger partial charge in [-0.3, -0.25) is 9.00 Å². The quantitative estimate of drug-likeness (QED) is 0.862. The van der Waals surface area contributed by atoms with E-state index in [-0.39, 0.29) is 28.5 Å². The van der Waals surface area contributed by atoms with Gasteiger partial charge in [0, 0.05) is 15.8 Å². The Labute approximate surface area is 142 Å². The summed E-state index contributed by atoms with van der Waals surface area (Å²) in [5.74, 6) is -0.742. The molecule has 2 aromatic rings. The van der Waals surface area contributed by atoms with Gasteiger partial charge in [-0.2, -0.15) is 0 Å². The molecule has 0 aliphatic carbocycles. The van der Waals surface area contributed by atoms with Crippen LogP contribution in [0.25, 0.3) is 0 Å². The van der Waals surface area contributed by atoms with Crippen LogP contribution in [0.4, 0.5) is 4.39 Å². The Morgan fingerprint density at radius 1 is 1.26 bits per heavy atom. The first kappa shape index (κ1) is 17.6. The summed E-state index contributed by atoms with van der Waals surface area (Å²) in [5.41, 5.74) is 1.54. The van der Waals surface area contributed by atoms with Crippen molar-refractivity contribution in [3.63, 3.8) is 0 Å². The number of rotatable bonds is 6. The molecular formula is C17H17ClFNO2S. The van der Waals surface area contributed by atoms with E-state index in [0.29, 0.717) is 5.56 Å². The highest BCUT2D eigenvalue weighted by atomic mass is 35.5. The lowest BCUT2D eigenvalue weighted by Crippen LogP contribution is -2.31. The van der Waals surface area contributed by atoms with Crippen molar-refractivity contribution in [3.05, 3.63) is 70.5 Å². The second-order valence-electron chi connectivity index (χ2n) is 5.16. The van der Waals surface area contributed by atoms with Crippen molar-refractivity contribution in [2.45, 2.75) is 18.7 Å². The van der Waals surface area contributed by atoms with Crippen molar-refractivity contribution in [1.29, 1.82) is 0 Å². The summed E-state index contributed by atoms with van der Waals surface area (Å²) in [7, 11) is -1.41. The average molecular weight is 354 g/mol. The lowest BCUT2D eigenvalue weighted by molar-refractivity contribution is -0.119. The number of benzene rings is 2. The summed E-state index contributed by atoms with van der Waals surface area (Å²) < 4.78 is 25.1. The molecule has 0 aromatic heterocycles. The van der Waals surface area contributed by atoms with Gasteiger partial charge in [-0.05, 0) is 30.2 Å². The zero-order chi connectivity index (χ0) is 16.8. The van der Waals surface area contributed by atoms with Crippen molar-refractivity contribution in [3.8, 4) is 0 Å². The Bertz CT molecular complexity index is 709. The molecule has 0 spiro atoms. The van der Waals surface area contributed by atoms with Crippen LogP contribution in [0.5, 0.6) is 0 Å². The highest BCUT2D eigenvalue weighted by Gasteiger charge is 2.14. The second-order valence-corrected chi connectivity index (χ2v) is 7.03. The third-order valence-corrected chi connectivity index (χ3v) is 4.87. The molecule has 6 heteroatoms. The Morgan fingerprint density at radius 3 is 2.61 bits per heavy atom. The molecule has 3 nitrogen and oxygen atoms in total. The van der Waals surface area contributed by atoms with Crippen LogP contribution in [0.15, 0.2) is 48.5 Å². The Morgan fingerprint density at radius 2 is 1.96 bits per heavy atom. The topological polar surface area (TPSA) is 46.2 Å². The van der Waals surface area contributed by atoms with Crippen LogP contribution in [0, 0.1) is 5.82 Å². The molecule has 2 aromatic carbocycles. The molecule has 122 valence electrons. The molecule has 1 N–H and O–H groups in total. The number of amides is 1. The van der Waals surface area contributed by atoms with E-state index < -0.39 is 16.6 Å². The number of nitrogens with one attached hydrogen (secondary N) is 1. The molecule has 23 heavy (non-hydrogen) atoms. The maximum absolute atomic E-state index is 13.0. The zero-order valence-electron chi connectivity index (χ0n) is 12.6. The molecule has 2 unspecified atom stereocenters. The van der Waals surface area contributed by atoms with Crippen LogP contribution in [0.3, 0.4) is 0 Å². The highest BCUT2D eigenvalue weighted by molar-refractivity contribution is 7.84. The van der Waals surface area contributed by atoms with E-state index in [2.05, 4.69) is 5.32 Å². The molecule has 1 amide bonds. The maximum Gasteiger partial charge on any atom is 0.233 e. The van der Waals surface area contributed by atoms with E-state index in [1.165, 1.54) is 18.2 Å². The van der Waals surface area contributed by atoms with Crippen molar-refractivity contribution in [2.75, 3.05) is 5.75 Å². The molecule has 0 aliphatic heterocycles. The van der Waals surface area contributed by atoms with Crippen molar-refractivity contribution in [2.24, 2.45) is 0 Å². The lowest BCUT2D eigenvalue weighted by Gasteiger charge is -2.14. The Kier molecular flexibility index (Phi) is 6.30. The SMILES string of the molecule is CC(NC(=O)CS(=O)Cc1ccc(F)cc1Cl)c1ccccc1. The number of hydrogen-bond acceptors (Lipinski definition) is 2. The second kappa shape index (κ2) is 8.22. The van der Waals surface area contributed by atoms with Crippen molar-refractivity contribution < 1.29 is 13.4 Å². The van der Waals surface area contributed by atoms with Crippen LogP contribution < -0.4 is 5.32 Å². The van der Waals surface area contributed by atoms with Gasteiger partial charge in [0.05, 0.1) is 11.8 Å². The third kappa shape index (κ3) is 5.44. The van der Waals surface area contributed by atoms with Crippen LogP contribution in [0.1, 0.15) is 24.1 Å². The first-order valence-corrected chi connectivity index (χ1v) is 8.95. The number of carbonyl (C=O) groups is 1. The van der Waals surface area contributed by atoms with E-state index in [1.54, 1.807) is 0 Å². The first-order valence-electron chi connectivity index (χ1n) is 7.09. The van der Waals surface area contributed by atoms with Crippen LogP contribution in [-0.2, 0) is 21.3 Å². The van der Waals surface area contributed by atoms with Gasteiger partial charge in [0.25, 0.3) is 0 Å². The number of halogens is 2. The van der Waals surface area contributed by atoms with E-state index in [0.717, 1.165) is 5.56 Å². The largest absolute Gasteiger partial charge is 0.349 e. The first-order chi connectivity index (χ1) is 11.0. The predicted molar refractivity (Wildman–Crippen MR) is 91.1 cm³/mol. The molecule has 0 saturated carbocycles. The molecule has 0 saturated heterocycles.